The van der Waals surface area contributed by atoms with E-state index in [2.05, 4.69) is 27.8 Å². The summed E-state index contributed by atoms with van der Waals surface area (Å²) < 4.78 is 16.2. The van der Waals surface area contributed by atoms with E-state index in [0.717, 1.165) is 16.7 Å². The largest absolute Gasteiger partial charge is 0.495 e. The van der Waals surface area contributed by atoms with Crippen molar-refractivity contribution in [1.82, 2.24) is 10.3 Å². The van der Waals surface area contributed by atoms with Crippen molar-refractivity contribution in [2.24, 2.45) is 0 Å². The van der Waals surface area contributed by atoms with Crippen LogP contribution in [0.4, 0.5) is 16.4 Å². The fourth-order valence-corrected chi connectivity index (χ4v) is 4.28. The minimum atomic E-state index is -0.467. The van der Waals surface area contributed by atoms with Gasteiger partial charge in [-0.05, 0) is 60.0 Å². The number of rotatable bonds is 8. The fraction of sp³-hybridized carbons (Fsp3) is 0.259. The summed E-state index contributed by atoms with van der Waals surface area (Å²) in [6.45, 7) is 1.63. The molecule has 0 radical (unpaired) electrons. The predicted molar refractivity (Wildman–Crippen MR) is 135 cm³/mol. The highest BCUT2D eigenvalue weighted by molar-refractivity contribution is 5.95. The number of hydrogen-bond donors (Lipinski definition) is 2. The van der Waals surface area contributed by atoms with E-state index in [9.17, 15) is 14.9 Å². The molecule has 188 valence electrons. The minimum Gasteiger partial charge on any atom is -0.495 e. The van der Waals surface area contributed by atoms with Gasteiger partial charge in [-0.2, -0.15) is 5.26 Å². The number of pyridine rings is 1. The lowest BCUT2D eigenvalue weighted by molar-refractivity contribution is -0.118. The number of aromatic nitrogens is 1. The van der Waals surface area contributed by atoms with Crippen molar-refractivity contribution >= 4 is 23.6 Å². The van der Waals surface area contributed by atoms with Gasteiger partial charge in [0.15, 0.2) is 18.2 Å². The molecule has 1 aromatic heterocycles. The number of nitrogens with one attached hydrogen (secondary N) is 2. The van der Waals surface area contributed by atoms with Gasteiger partial charge in [-0.3, -0.25) is 9.69 Å². The number of benzene rings is 2. The number of amides is 2. The summed E-state index contributed by atoms with van der Waals surface area (Å²) in [6, 6.07) is 19.2. The molecule has 1 atom stereocenters. The molecule has 0 spiro atoms. The van der Waals surface area contributed by atoms with E-state index >= 15 is 0 Å². The van der Waals surface area contributed by atoms with Crippen LogP contribution >= 0.6 is 0 Å². The predicted octanol–water partition coefficient (Wildman–Crippen LogP) is 3.46. The molecule has 1 saturated heterocycles. The first-order valence-electron chi connectivity index (χ1n) is 11.8. The molecule has 2 amide bonds. The van der Waals surface area contributed by atoms with Gasteiger partial charge in [0.1, 0.15) is 23.7 Å². The summed E-state index contributed by atoms with van der Waals surface area (Å²) in [5.74, 6) is 1.44. The molecule has 2 N–H and O–H groups in total. The Morgan fingerprint density at radius 3 is 2.89 bits per heavy atom. The van der Waals surface area contributed by atoms with Crippen LogP contribution in [-0.2, 0) is 16.1 Å². The molecule has 0 aliphatic carbocycles. The van der Waals surface area contributed by atoms with Gasteiger partial charge < -0.3 is 24.8 Å². The van der Waals surface area contributed by atoms with Gasteiger partial charge in [-0.15, -0.1) is 0 Å². The van der Waals surface area contributed by atoms with Crippen molar-refractivity contribution in [3.8, 4) is 28.7 Å². The Bertz CT molecular complexity index is 1390. The van der Waals surface area contributed by atoms with Gasteiger partial charge >= 0.3 is 6.09 Å². The van der Waals surface area contributed by atoms with Crippen molar-refractivity contribution in [2.45, 2.75) is 19.1 Å². The van der Waals surface area contributed by atoms with Gasteiger partial charge in [0, 0.05) is 6.54 Å². The number of carbonyl (C=O) groups is 2. The molecule has 2 aromatic carbocycles. The second-order valence-electron chi connectivity index (χ2n) is 8.66. The standard InChI is InChI=1S/C27H25N5O5/c1-35-23-12-19(5-6-20(23)13-28)18-4-2-3-17(11-18)14-29-10-9-21-15-32(27(34)37-21)24-8-7-22-26(30-24)31-25(33)16-36-22/h2-8,11-12,21,29H,9-10,14-16H2,1H3,(H,30,31,33). The van der Waals surface area contributed by atoms with Gasteiger partial charge in [-0.25, -0.2) is 9.78 Å². The maximum atomic E-state index is 12.4. The molecule has 10 nitrogen and oxygen atoms in total. The molecule has 3 aromatic rings. The van der Waals surface area contributed by atoms with Gasteiger partial charge in [-0.1, -0.05) is 24.3 Å². The zero-order valence-corrected chi connectivity index (χ0v) is 20.2. The van der Waals surface area contributed by atoms with Crippen LogP contribution in [0.2, 0.25) is 0 Å². The van der Waals surface area contributed by atoms with Crippen molar-refractivity contribution in [2.75, 3.05) is 37.0 Å². The number of carbonyl (C=O) groups excluding carboxylic acids is 2. The maximum absolute atomic E-state index is 12.4. The van der Waals surface area contributed by atoms with Gasteiger partial charge in [0.25, 0.3) is 5.91 Å². The fourth-order valence-electron chi connectivity index (χ4n) is 4.28. The lowest BCUT2D eigenvalue weighted by atomic mass is 10.0. The highest BCUT2D eigenvalue weighted by Gasteiger charge is 2.33. The van der Waals surface area contributed by atoms with Crippen molar-refractivity contribution < 1.29 is 23.8 Å². The Labute approximate surface area is 213 Å². The van der Waals surface area contributed by atoms with E-state index in [-0.39, 0.29) is 18.6 Å². The van der Waals surface area contributed by atoms with Crippen LogP contribution < -0.4 is 25.0 Å². The van der Waals surface area contributed by atoms with Crippen LogP contribution in [0.5, 0.6) is 11.5 Å². The smallest absolute Gasteiger partial charge is 0.415 e. The summed E-state index contributed by atoms with van der Waals surface area (Å²) in [4.78, 5) is 29.8. The van der Waals surface area contributed by atoms with Crippen molar-refractivity contribution in [3.63, 3.8) is 0 Å². The molecule has 5 rings (SSSR count). The van der Waals surface area contributed by atoms with Crippen LogP contribution in [-0.4, -0.2) is 49.9 Å². The SMILES string of the molecule is COc1cc(-c2cccc(CNCCC3CN(c4ccc5c(n4)NC(=O)CO5)C(=O)O3)c2)ccc1C#N. The van der Waals surface area contributed by atoms with Crippen LogP contribution in [0.1, 0.15) is 17.5 Å². The molecule has 2 aliphatic heterocycles. The molecule has 1 fully saturated rings. The first-order valence-corrected chi connectivity index (χ1v) is 11.8. The molecule has 37 heavy (non-hydrogen) atoms. The molecule has 1 unspecified atom stereocenters. The van der Waals surface area contributed by atoms with Crippen LogP contribution in [0.25, 0.3) is 11.1 Å². The molecule has 0 saturated carbocycles. The number of hydrogen-bond acceptors (Lipinski definition) is 8. The second kappa shape index (κ2) is 10.6. The molecule has 3 heterocycles. The van der Waals surface area contributed by atoms with Crippen molar-refractivity contribution in [1.29, 1.82) is 5.26 Å². The quantitative estimate of drug-likeness (QED) is 0.452. The lowest BCUT2D eigenvalue weighted by Crippen LogP contribution is -2.29. The number of anilines is 2. The summed E-state index contributed by atoms with van der Waals surface area (Å²) in [5, 5.41) is 15.3. The Morgan fingerprint density at radius 2 is 2.05 bits per heavy atom. The highest BCUT2D eigenvalue weighted by Crippen LogP contribution is 2.30. The first-order chi connectivity index (χ1) is 18.0. The Balaban J connectivity index is 1.14. The number of cyclic esters (lactones) is 1. The molecule has 2 aliphatic rings. The average molecular weight is 500 g/mol. The van der Waals surface area contributed by atoms with E-state index in [1.54, 1.807) is 25.3 Å². The molecular formula is C27H25N5O5. The number of methoxy groups -OCH3 is 1. The van der Waals surface area contributed by atoms with E-state index in [0.29, 0.717) is 54.8 Å². The lowest BCUT2D eigenvalue weighted by Gasteiger charge is -2.19. The molecular weight excluding hydrogens is 474 g/mol. The Kier molecular flexibility index (Phi) is 6.87. The summed E-state index contributed by atoms with van der Waals surface area (Å²) in [6.07, 6.45) is -0.105. The van der Waals surface area contributed by atoms with E-state index < -0.39 is 6.09 Å². The van der Waals surface area contributed by atoms with E-state index in [4.69, 9.17) is 14.2 Å². The Morgan fingerprint density at radius 1 is 1.19 bits per heavy atom. The zero-order chi connectivity index (χ0) is 25.8. The minimum absolute atomic E-state index is 0.0522. The second-order valence-corrected chi connectivity index (χ2v) is 8.66. The van der Waals surface area contributed by atoms with Crippen LogP contribution in [0.15, 0.2) is 54.6 Å². The molecule has 0 bridgehead atoms. The zero-order valence-electron chi connectivity index (χ0n) is 20.2. The van der Waals surface area contributed by atoms with Crippen LogP contribution in [0, 0.1) is 11.3 Å². The van der Waals surface area contributed by atoms with Gasteiger partial charge in [0.05, 0.1) is 19.2 Å². The summed E-state index contributed by atoms with van der Waals surface area (Å²) in [5.41, 5.74) is 3.60. The normalized spacial score (nSPS) is 16.3. The summed E-state index contributed by atoms with van der Waals surface area (Å²) in [7, 11) is 1.55. The topological polar surface area (TPSA) is 126 Å². The van der Waals surface area contributed by atoms with Crippen LogP contribution in [0.3, 0.4) is 0 Å². The highest BCUT2D eigenvalue weighted by atomic mass is 16.6. The average Bonchev–Trinajstić information content (AvgIpc) is 3.30. The number of nitrogens with zero attached hydrogens (tertiary/aromatic N) is 3. The number of fused-ring (bicyclic) bond motifs is 1. The van der Waals surface area contributed by atoms with Gasteiger partial charge in [0.2, 0.25) is 0 Å². The number of ether oxygens (including phenoxy) is 3. The van der Waals surface area contributed by atoms with Crippen molar-refractivity contribution in [3.05, 3.63) is 65.7 Å². The monoisotopic (exact) mass is 499 g/mol. The first kappa shape index (κ1) is 24.1. The summed E-state index contributed by atoms with van der Waals surface area (Å²) >= 11 is 0. The third-order valence-electron chi connectivity index (χ3n) is 6.17. The van der Waals surface area contributed by atoms with E-state index in [1.807, 2.05) is 30.3 Å². The van der Waals surface area contributed by atoms with E-state index in [1.165, 1.54) is 4.90 Å². The third kappa shape index (κ3) is 5.32. The molecule has 10 heteroatoms. The Hall–Kier alpha value is -4.62. The number of nitriles is 1. The third-order valence-corrected chi connectivity index (χ3v) is 6.17. The maximum Gasteiger partial charge on any atom is 0.415 e.